The Labute approximate surface area is 122 Å². The van der Waals surface area contributed by atoms with Gasteiger partial charge in [-0.05, 0) is 65.6 Å². The molecule has 0 aliphatic carbocycles. The number of nitrogens with one attached hydrogen (secondary N) is 1. The monoisotopic (exact) mass is 283 g/mol. The first-order valence-corrected chi connectivity index (χ1v) is 7.51. The van der Waals surface area contributed by atoms with E-state index < -0.39 is 0 Å². The van der Waals surface area contributed by atoms with Gasteiger partial charge in [0, 0.05) is 16.9 Å². The van der Waals surface area contributed by atoms with Gasteiger partial charge in [0.2, 0.25) is 0 Å². The van der Waals surface area contributed by atoms with Crippen molar-refractivity contribution in [3.05, 3.63) is 58.5 Å². The molecule has 1 aromatic heterocycles. The Morgan fingerprint density at radius 2 is 1.80 bits per heavy atom. The number of benzene rings is 2. The van der Waals surface area contributed by atoms with Gasteiger partial charge in [-0.3, -0.25) is 0 Å². The van der Waals surface area contributed by atoms with Gasteiger partial charge in [0.15, 0.2) is 0 Å². The van der Waals surface area contributed by atoms with E-state index in [1.165, 1.54) is 15.6 Å². The molecule has 0 atom stereocenters. The van der Waals surface area contributed by atoms with Crippen LogP contribution in [0.25, 0.3) is 10.1 Å². The van der Waals surface area contributed by atoms with Crippen LogP contribution in [0, 0.1) is 13.8 Å². The molecule has 0 saturated carbocycles. The first-order valence-electron chi connectivity index (χ1n) is 6.64. The van der Waals surface area contributed by atoms with Crippen LogP contribution in [-0.2, 0) is 6.54 Å². The minimum Gasteiger partial charge on any atom is -0.507 e. The van der Waals surface area contributed by atoms with Gasteiger partial charge in [0.1, 0.15) is 5.75 Å². The van der Waals surface area contributed by atoms with Crippen LogP contribution in [0.4, 0.5) is 5.69 Å². The molecule has 0 unspecified atom stereocenters. The van der Waals surface area contributed by atoms with Gasteiger partial charge in [-0.25, -0.2) is 0 Å². The van der Waals surface area contributed by atoms with Crippen molar-refractivity contribution in [3.8, 4) is 5.75 Å². The predicted octanol–water partition coefficient (Wildman–Crippen LogP) is 4.84. The highest BCUT2D eigenvalue weighted by Gasteiger charge is 2.04. The van der Waals surface area contributed by atoms with Crippen LogP contribution >= 0.6 is 11.3 Å². The zero-order valence-electron chi connectivity index (χ0n) is 11.6. The Balaban J connectivity index is 1.78. The molecule has 102 valence electrons. The standard InChI is InChI=1S/C17H17NOS/c1-11-7-13(8-12(2)17(11)19)10-18-15-3-4-16-14(9-15)5-6-20-16/h3-9,18-19H,10H2,1-2H3. The fourth-order valence-electron chi connectivity index (χ4n) is 2.43. The van der Waals surface area contributed by atoms with Crippen molar-refractivity contribution >= 4 is 27.1 Å². The smallest absolute Gasteiger partial charge is 0.121 e. The maximum atomic E-state index is 9.79. The van der Waals surface area contributed by atoms with Crippen molar-refractivity contribution in [2.24, 2.45) is 0 Å². The third-order valence-corrected chi connectivity index (χ3v) is 4.40. The van der Waals surface area contributed by atoms with Gasteiger partial charge in [0.25, 0.3) is 0 Å². The van der Waals surface area contributed by atoms with Gasteiger partial charge in [-0.2, -0.15) is 0 Å². The summed E-state index contributed by atoms with van der Waals surface area (Å²) in [6, 6.07) is 12.6. The summed E-state index contributed by atoms with van der Waals surface area (Å²) < 4.78 is 1.31. The van der Waals surface area contributed by atoms with E-state index in [-0.39, 0.29) is 0 Å². The van der Waals surface area contributed by atoms with E-state index >= 15 is 0 Å². The van der Waals surface area contributed by atoms with Gasteiger partial charge >= 0.3 is 0 Å². The molecule has 0 fully saturated rings. The second kappa shape index (κ2) is 5.17. The molecule has 3 aromatic rings. The average molecular weight is 283 g/mol. The number of phenolic OH excluding ortho intramolecular Hbond substituents is 1. The van der Waals surface area contributed by atoms with E-state index in [9.17, 15) is 5.11 Å². The maximum Gasteiger partial charge on any atom is 0.121 e. The summed E-state index contributed by atoms with van der Waals surface area (Å²) in [5.74, 6) is 0.397. The van der Waals surface area contributed by atoms with E-state index in [1.807, 2.05) is 26.0 Å². The zero-order valence-corrected chi connectivity index (χ0v) is 12.4. The molecule has 0 spiro atoms. The van der Waals surface area contributed by atoms with Crippen molar-refractivity contribution < 1.29 is 5.11 Å². The van der Waals surface area contributed by atoms with Gasteiger partial charge in [-0.15, -0.1) is 11.3 Å². The summed E-state index contributed by atoms with van der Waals surface area (Å²) in [7, 11) is 0. The predicted molar refractivity (Wildman–Crippen MR) is 86.7 cm³/mol. The summed E-state index contributed by atoms with van der Waals surface area (Å²) in [6.45, 7) is 4.63. The highest BCUT2D eigenvalue weighted by Crippen LogP contribution is 2.26. The van der Waals surface area contributed by atoms with E-state index in [0.717, 1.165) is 23.4 Å². The number of hydrogen-bond acceptors (Lipinski definition) is 3. The van der Waals surface area contributed by atoms with E-state index in [1.54, 1.807) is 11.3 Å². The summed E-state index contributed by atoms with van der Waals surface area (Å²) in [4.78, 5) is 0. The third-order valence-electron chi connectivity index (χ3n) is 3.50. The van der Waals surface area contributed by atoms with Crippen LogP contribution in [0.5, 0.6) is 5.75 Å². The summed E-state index contributed by atoms with van der Waals surface area (Å²) >= 11 is 1.76. The first kappa shape index (κ1) is 13.0. The second-order valence-electron chi connectivity index (χ2n) is 5.10. The van der Waals surface area contributed by atoms with E-state index in [0.29, 0.717) is 5.75 Å². The third kappa shape index (κ3) is 2.49. The molecule has 0 amide bonds. The maximum absolute atomic E-state index is 9.79. The highest BCUT2D eigenvalue weighted by molar-refractivity contribution is 7.17. The highest BCUT2D eigenvalue weighted by atomic mass is 32.1. The fourth-order valence-corrected chi connectivity index (χ4v) is 3.20. The van der Waals surface area contributed by atoms with Crippen LogP contribution in [0.2, 0.25) is 0 Å². The lowest BCUT2D eigenvalue weighted by Gasteiger charge is -2.10. The largest absolute Gasteiger partial charge is 0.507 e. The molecule has 2 aromatic carbocycles. The van der Waals surface area contributed by atoms with Gasteiger partial charge < -0.3 is 10.4 Å². The number of aromatic hydroxyl groups is 1. The summed E-state index contributed by atoms with van der Waals surface area (Å²) in [5, 5.41) is 16.6. The van der Waals surface area contributed by atoms with Crippen molar-refractivity contribution in [3.63, 3.8) is 0 Å². The number of fused-ring (bicyclic) bond motifs is 1. The minimum absolute atomic E-state index is 0.397. The topological polar surface area (TPSA) is 32.3 Å². The number of rotatable bonds is 3. The van der Waals surface area contributed by atoms with Crippen molar-refractivity contribution in [1.29, 1.82) is 0 Å². The van der Waals surface area contributed by atoms with Crippen molar-refractivity contribution in [1.82, 2.24) is 0 Å². The Hall–Kier alpha value is -2.00. The number of hydrogen-bond donors (Lipinski definition) is 2. The normalized spacial score (nSPS) is 10.9. The molecule has 0 aliphatic heterocycles. The number of phenols is 1. The molecular weight excluding hydrogens is 266 g/mol. The molecule has 0 bridgehead atoms. The Morgan fingerprint density at radius 3 is 2.55 bits per heavy atom. The van der Waals surface area contributed by atoms with E-state index in [4.69, 9.17) is 0 Å². The van der Waals surface area contributed by atoms with Gasteiger partial charge in [-0.1, -0.05) is 12.1 Å². The molecule has 3 heteroatoms. The summed E-state index contributed by atoms with van der Waals surface area (Å²) in [5.41, 5.74) is 4.16. The lowest BCUT2D eigenvalue weighted by Crippen LogP contribution is -2.00. The Morgan fingerprint density at radius 1 is 1.05 bits per heavy atom. The molecule has 0 aliphatic rings. The van der Waals surface area contributed by atoms with Crippen LogP contribution in [0.15, 0.2) is 41.8 Å². The SMILES string of the molecule is Cc1cc(CNc2ccc3sccc3c2)cc(C)c1O. The fraction of sp³-hybridized carbons (Fsp3) is 0.176. The van der Waals surface area contributed by atoms with Crippen molar-refractivity contribution in [2.45, 2.75) is 20.4 Å². The lowest BCUT2D eigenvalue weighted by molar-refractivity contribution is 0.466. The van der Waals surface area contributed by atoms with Crippen LogP contribution in [0.1, 0.15) is 16.7 Å². The Kier molecular flexibility index (Phi) is 3.36. The molecule has 0 saturated heterocycles. The van der Waals surface area contributed by atoms with E-state index in [2.05, 4.69) is 35.0 Å². The molecule has 2 N–H and O–H groups in total. The average Bonchev–Trinajstić information content (AvgIpc) is 2.89. The van der Waals surface area contributed by atoms with Crippen LogP contribution in [-0.4, -0.2) is 5.11 Å². The molecular formula is C17H17NOS. The van der Waals surface area contributed by atoms with Crippen LogP contribution < -0.4 is 5.32 Å². The molecule has 1 heterocycles. The zero-order chi connectivity index (χ0) is 14.1. The lowest BCUT2D eigenvalue weighted by atomic mass is 10.1. The minimum atomic E-state index is 0.397. The second-order valence-corrected chi connectivity index (χ2v) is 6.05. The molecule has 20 heavy (non-hydrogen) atoms. The van der Waals surface area contributed by atoms with Crippen LogP contribution in [0.3, 0.4) is 0 Å². The molecule has 3 rings (SSSR count). The quantitative estimate of drug-likeness (QED) is 0.721. The Bertz CT molecular complexity index is 738. The number of thiophene rings is 1. The van der Waals surface area contributed by atoms with Gasteiger partial charge in [0.05, 0.1) is 0 Å². The molecule has 2 nitrogen and oxygen atoms in total. The summed E-state index contributed by atoms with van der Waals surface area (Å²) in [6.07, 6.45) is 0. The number of anilines is 1. The number of aryl methyl sites for hydroxylation is 2. The first-order chi connectivity index (χ1) is 9.63. The van der Waals surface area contributed by atoms with Crippen molar-refractivity contribution in [2.75, 3.05) is 5.32 Å². The molecule has 0 radical (unpaired) electrons.